The van der Waals surface area contributed by atoms with Gasteiger partial charge in [-0.15, -0.1) is 0 Å². The number of aryl methyl sites for hydroxylation is 3. The van der Waals surface area contributed by atoms with Crippen LogP contribution in [0.2, 0.25) is 0 Å². The molecule has 3 N–H and O–H groups in total. The van der Waals surface area contributed by atoms with Crippen LogP contribution >= 0.6 is 0 Å². The third-order valence-corrected chi connectivity index (χ3v) is 5.27. The quantitative estimate of drug-likeness (QED) is 0.536. The number of alkyl halides is 3. The summed E-state index contributed by atoms with van der Waals surface area (Å²) >= 11 is 0. The lowest BCUT2D eigenvalue weighted by atomic mass is 9.93. The first-order valence-electron chi connectivity index (χ1n) is 9.66. The standard InChI is InChI=1S/C19H21N3O2.C2HF3O2/c1-11-6-14-13(8-19(23)24-18(14)7-12(11)2)9-20-16-4-3-5-17-15(16)10-21-22-17;3-2(4,5)1(6)7/h6-8,10,16,20H,3-5,9H2,1-2H3,(H,21,22);(H,6,7). The van der Waals surface area contributed by atoms with Crippen molar-refractivity contribution in [3.05, 3.63) is 62.8 Å². The number of carboxylic acid groups (broad SMARTS) is 1. The number of benzene rings is 1. The van der Waals surface area contributed by atoms with Gasteiger partial charge in [0.1, 0.15) is 5.58 Å². The van der Waals surface area contributed by atoms with Crippen molar-refractivity contribution in [1.29, 1.82) is 0 Å². The summed E-state index contributed by atoms with van der Waals surface area (Å²) in [6.07, 6.45) is 0.119. The van der Waals surface area contributed by atoms with E-state index in [2.05, 4.69) is 28.5 Å². The lowest BCUT2D eigenvalue weighted by Crippen LogP contribution is -2.24. The van der Waals surface area contributed by atoms with Crippen LogP contribution < -0.4 is 10.9 Å². The highest BCUT2D eigenvalue weighted by atomic mass is 19.4. The molecule has 0 radical (unpaired) electrons. The highest BCUT2D eigenvalue weighted by Gasteiger charge is 2.38. The molecule has 1 unspecified atom stereocenters. The lowest BCUT2D eigenvalue weighted by molar-refractivity contribution is -0.192. The first kappa shape index (κ1) is 22.5. The molecule has 1 aliphatic rings. The molecule has 4 rings (SSSR count). The van der Waals surface area contributed by atoms with Crippen molar-refractivity contribution in [2.75, 3.05) is 0 Å². The summed E-state index contributed by atoms with van der Waals surface area (Å²) in [7, 11) is 0. The number of hydrogen-bond donors (Lipinski definition) is 3. The Morgan fingerprint density at radius 3 is 2.65 bits per heavy atom. The largest absolute Gasteiger partial charge is 0.490 e. The van der Waals surface area contributed by atoms with E-state index in [4.69, 9.17) is 14.3 Å². The second-order valence-corrected chi connectivity index (χ2v) is 7.46. The Kier molecular flexibility index (Phi) is 6.49. The molecule has 10 heteroatoms. The molecule has 0 aliphatic heterocycles. The van der Waals surface area contributed by atoms with Crippen LogP contribution in [0.3, 0.4) is 0 Å². The molecule has 2 heterocycles. The van der Waals surface area contributed by atoms with E-state index in [1.165, 1.54) is 16.8 Å². The maximum Gasteiger partial charge on any atom is 0.490 e. The zero-order valence-corrected chi connectivity index (χ0v) is 17.0. The molecule has 0 saturated carbocycles. The molecule has 7 nitrogen and oxygen atoms in total. The van der Waals surface area contributed by atoms with Crippen molar-refractivity contribution in [2.45, 2.75) is 51.9 Å². The average Bonchev–Trinajstić information content (AvgIpc) is 3.16. The highest BCUT2D eigenvalue weighted by molar-refractivity contribution is 5.81. The van der Waals surface area contributed by atoms with Gasteiger partial charge in [-0.05, 0) is 61.9 Å². The molecule has 0 fully saturated rings. The fourth-order valence-electron chi connectivity index (χ4n) is 3.54. The summed E-state index contributed by atoms with van der Waals surface area (Å²) < 4.78 is 37.1. The van der Waals surface area contributed by atoms with Gasteiger partial charge in [-0.1, -0.05) is 0 Å². The Balaban J connectivity index is 0.000000339. The van der Waals surface area contributed by atoms with Crippen molar-refractivity contribution in [3.8, 4) is 0 Å². The van der Waals surface area contributed by atoms with Crippen LogP contribution in [0.25, 0.3) is 11.0 Å². The maximum absolute atomic E-state index is 11.9. The minimum absolute atomic E-state index is 0.279. The van der Waals surface area contributed by atoms with Gasteiger partial charge in [0.25, 0.3) is 0 Å². The van der Waals surface area contributed by atoms with Gasteiger partial charge in [0.15, 0.2) is 0 Å². The summed E-state index contributed by atoms with van der Waals surface area (Å²) in [6, 6.07) is 5.93. The molecule has 31 heavy (non-hydrogen) atoms. The van der Waals surface area contributed by atoms with Crippen molar-refractivity contribution in [3.63, 3.8) is 0 Å². The van der Waals surface area contributed by atoms with E-state index in [1.807, 2.05) is 19.2 Å². The molecule has 0 saturated heterocycles. The van der Waals surface area contributed by atoms with Gasteiger partial charge in [-0.3, -0.25) is 5.10 Å². The first-order chi connectivity index (χ1) is 14.6. The fraction of sp³-hybridized carbons (Fsp3) is 0.381. The van der Waals surface area contributed by atoms with Crippen LogP contribution in [0, 0.1) is 13.8 Å². The van der Waals surface area contributed by atoms with Crippen LogP contribution in [0.15, 0.2) is 33.6 Å². The molecule has 1 atom stereocenters. The third kappa shape index (κ3) is 5.32. The molecule has 0 amide bonds. The number of halogens is 3. The molecule has 0 spiro atoms. The number of carbonyl (C=O) groups is 1. The summed E-state index contributed by atoms with van der Waals surface area (Å²) in [5, 5.41) is 19.0. The molecule has 1 aromatic carbocycles. The van der Waals surface area contributed by atoms with Gasteiger partial charge >= 0.3 is 17.8 Å². The zero-order valence-electron chi connectivity index (χ0n) is 17.0. The predicted molar refractivity (Wildman–Crippen MR) is 107 cm³/mol. The molecule has 166 valence electrons. The van der Waals surface area contributed by atoms with Crippen molar-refractivity contribution >= 4 is 16.9 Å². The predicted octanol–water partition coefficient (Wildman–Crippen LogP) is 3.93. The number of fused-ring (bicyclic) bond motifs is 2. The van der Waals surface area contributed by atoms with Crippen molar-refractivity contribution in [1.82, 2.24) is 15.5 Å². The molecular weight excluding hydrogens is 415 g/mol. The van der Waals surface area contributed by atoms with Gasteiger partial charge in [-0.25, -0.2) is 9.59 Å². The van der Waals surface area contributed by atoms with Crippen LogP contribution in [0.1, 0.15) is 46.8 Å². The van der Waals surface area contributed by atoms with Crippen LogP contribution in [-0.4, -0.2) is 27.4 Å². The highest BCUT2D eigenvalue weighted by Crippen LogP contribution is 2.29. The van der Waals surface area contributed by atoms with Gasteiger partial charge in [-0.2, -0.15) is 18.3 Å². The SMILES string of the molecule is Cc1cc2oc(=O)cc(CNC3CCCc4[nH]ncc43)c2cc1C.O=C(O)C(F)(F)F. The Bertz CT molecular complexity index is 1150. The Hall–Kier alpha value is -3.14. The van der Waals surface area contributed by atoms with Gasteiger partial charge in [0.05, 0.1) is 6.20 Å². The van der Waals surface area contributed by atoms with E-state index < -0.39 is 12.1 Å². The van der Waals surface area contributed by atoms with E-state index in [9.17, 15) is 18.0 Å². The van der Waals surface area contributed by atoms with Crippen LogP contribution in [0.4, 0.5) is 13.2 Å². The second-order valence-electron chi connectivity index (χ2n) is 7.46. The van der Waals surface area contributed by atoms with E-state index in [0.717, 1.165) is 35.8 Å². The van der Waals surface area contributed by atoms with E-state index in [-0.39, 0.29) is 11.7 Å². The number of nitrogens with zero attached hydrogens (tertiary/aromatic N) is 1. The summed E-state index contributed by atoms with van der Waals surface area (Å²) in [5.74, 6) is -2.76. The number of rotatable bonds is 3. The number of hydrogen-bond acceptors (Lipinski definition) is 5. The summed E-state index contributed by atoms with van der Waals surface area (Å²) in [6.45, 7) is 4.75. The van der Waals surface area contributed by atoms with Crippen molar-refractivity contribution < 1.29 is 27.5 Å². The smallest absolute Gasteiger partial charge is 0.475 e. The van der Waals surface area contributed by atoms with Crippen LogP contribution in [0.5, 0.6) is 0 Å². The number of aromatic amines is 1. The Labute approximate surface area is 175 Å². The van der Waals surface area contributed by atoms with E-state index in [1.54, 1.807) is 6.07 Å². The normalized spacial score (nSPS) is 15.8. The molecule has 0 bridgehead atoms. The molecular formula is C21H22F3N3O4. The lowest BCUT2D eigenvalue weighted by Gasteiger charge is -2.23. The zero-order chi connectivity index (χ0) is 22.8. The molecule has 2 aromatic heterocycles. The van der Waals surface area contributed by atoms with Crippen molar-refractivity contribution in [2.24, 2.45) is 0 Å². The monoisotopic (exact) mass is 437 g/mol. The number of carboxylic acids is 1. The van der Waals surface area contributed by atoms with Gasteiger partial charge in [0.2, 0.25) is 0 Å². The molecule has 1 aliphatic carbocycles. The summed E-state index contributed by atoms with van der Waals surface area (Å²) in [5.41, 5.74) is 6.16. The topological polar surface area (TPSA) is 108 Å². The van der Waals surface area contributed by atoms with Crippen LogP contribution in [-0.2, 0) is 17.8 Å². The second kappa shape index (κ2) is 8.93. The number of H-pyrrole nitrogens is 1. The maximum atomic E-state index is 11.9. The summed E-state index contributed by atoms with van der Waals surface area (Å²) in [4.78, 5) is 20.8. The van der Waals surface area contributed by atoms with E-state index in [0.29, 0.717) is 12.1 Å². The first-order valence-corrected chi connectivity index (χ1v) is 9.66. The number of nitrogens with one attached hydrogen (secondary N) is 2. The Morgan fingerprint density at radius 1 is 1.29 bits per heavy atom. The average molecular weight is 437 g/mol. The van der Waals surface area contributed by atoms with E-state index >= 15 is 0 Å². The van der Waals surface area contributed by atoms with Gasteiger partial charge in [0, 0.05) is 35.3 Å². The van der Waals surface area contributed by atoms with Gasteiger partial charge < -0.3 is 14.8 Å². The minimum atomic E-state index is -5.08. The fourth-order valence-corrected chi connectivity index (χ4v) is 3.54. The molecule has 3 aromatic rings. The number of aromatic nitrogens is 2. The Morgan fingerprint density at radius 2 is 1.97 bits per heavy atom. The minimum Gasteiger partial charge on any atom is -0.475 e. The third-order valence-electron chi connectivity index (χ3n) is 5.27. The number of aliphatic carboxylic acids is 1.